The molecule has 0 aliphatic carbocycles. The highest BCUT2D eigenvalue weighted by Gasteiger charge is 2.17. The zero-order chi connectivity index (χ0) is 17.1. The Morgan fingerprint density at radius 3 is 1.88 bits per heavy atom. The third-order valence-electron chi connectivity index (χ3n) is 3.99. The average molecular weight is 344 g/mol. The molecule has 0 N–H and O–H groups in total. The molecule has 4 rings (SSSR count). The van der Waals surface area contributed by atoms with Crippen molar-refractivity contribution in [3.63, 3.8) is 0 Å². The molecule has 0 saturated carbocycles. The van der Waals surface area contributed by atoms with Crippen molar-refractivity contribution in [2.45, 2.75) is 9.79 Å². The summed E-state index contributed by atoms with van der Waals surface area (Å²) in [7, 11) is -2.83. The van der Waals surface area contributed by atoms with E-state index >= 15 is 0 Å². The molecule has 0 unspecified atom stereocenters. The van der Waals surface area contributed by atoms with E-state index in [-0.39, 0.29) is 0 Å². The minimum Gasteiger partial charge on any atom is -0.239 e. The van der Waals surface area contributed by atoms with Crippen LogP contribution in [0.5, 0.6) is 0 Å². The highest BCUT2D eigenvalue weighted by molar-refractivity contribution is 7.93. The summed E-state index contributed by atoms with van der Waals surface area (Å²) >= 11 is 0. The van der Waals surface area contributed by atoms with Gasteiger partial charge in [0.1, 0.15) is 9.73 Å². The second-order valence-corrected chi connectivity index (χ2v) is 7.78. The zero-order valence-corrected chi connectivity index (χ0v) is 14.3. The van der Waals surface area contributed by atoms with Crippen LogP contribution in [-0.4, -0.2) is 9.19 Å². The van der Waals surface area contributed by atoms with E-state index in [1.165, 1.54) is 0 Å². The van der Waals surface area contributed by atoms with Crippen LogP contribution in [0.15, 0.2) is 111 Å². The van der Waals surface area contributed by atoms with Gasteiger partial charge in [0.05, 0.1) is 9.79 Å². The second kappa shape index (κ2) is 6.49. The number of hydrogen-bond acceptors (Lipinski definition) is 3. The van der Waals surface area contributed by atoms with E-state index < -0.39 is 9.73 Å². The molecule has 0 aliphatic rings. The average Bonchev–Trinajstić information content (AvgIpc) is 2.69. The summed E-state index contributed by atoms with van der Waals surface area (Å²) in [5.74, 6) is 0.496. The van der Waals surface area contributed by atoms with E-state index in [1.807, 2.05) is 91.0 Å². The molecule has 0 fully saturated rings. The summed E-state index contributed by atoms with van der Waals surface area (Å²) in [6.07, 6.45) is 1.71. The third-order valence-corrected chi connectivity index (χ3v) is 6.25. The van der Waals surface area contributed by atoms with E-state index in [9.17, 15) is 4.21 Å². The van der Waals surface area contributed by atoms with Crippen molar-refractivity contribution in [1.82, 2.24) is 4.98 Å². The molecule has 4 heteroatoms. The Balaban J connectivity index is 2.05. The fourth-order valence-corrected chi connectivity index (χ4v) is 4.67. The maximum absolute atomic E-state index is 14.0. The SMILES string of the molecule is O=S(=Nc1nccc2ccccc12)(c1ccccc1)c1ccccc1. The van der Waals surface area contributed by atoms with Crippen LogP contribution in [0.2, 0.25) is 0 Å². The van der Waals surface area contributed by atoms with Gasteiger partial charge in [-0.1, -0.05) is 60.7 Å². The molecule has 3 nitrogen and oxygen atoms in total. The summed E-state index contributed by atoms with van der Waals surface area (Å²) in [6.45, 7) is 0. The van der Waals surface area contributed by atoms with Crippen molar-refractivity contribution >= 4 is 26.3 Å². The van der Waals surface area contributed by atoms with E-state index in [1.54, 1.807) is 6.20 Å². The molecule has 25 heavy (non-hydrogen) atoms. The van der Waals surface area contributed by atoms with Crippen molar-refractivity contribution in [3.8, 4) is 0 Å². The molecule has 3 aromatic carbocycles. The Morgan fingerprint density at radius 1 is 0.680 bits per heavy atom. The normalized spacial score (nSPS) is 11.4. The first kappa shape index (κ1) is 15.5. The number of fused-ring (bicyclic) bond motifs is 1. The molecule has 0 spiro atoms. The maximum atomic E-state index is 14.0. The van der Waals surface area contributed by atoms with E-state index in [0.29, 0.717) is 15.6 Å². The lowest BCUT2D eigenvalue weighted by atomic mass is 10.2. The Hall–Kier alpha value is -2.98. The van der Waals surface area contributed by atoms with Crippen molar-refractivity contribution < 1.29 is 4.21 Å². The van der Waals surface area contributed by atoms with Gasteiger partial charge in [-0.25, -0.2) is 9.19 Å². The summed E-state index contributed by atoms with van der Waals surface area (Å²) in [6, 6.07) is 28.5. The van der Waals surface area contributed by atoms with Gasteiger partial charge in [0.25, 0.3) is 0 Å². The van der Waals surface area contributed by atoms with Gasteiger partial charge in [-0.3, -0.25) is 0 Å². The molecule has 0 bridgehead atoms. The highest BCUT2D eigenvalue weighted by atomic mass is 32.2. The van der Waals surface area contributed by atoms with Crippen LogP contribution in [0.4, 0.5) is 5.82 Å². The first-order valence-corrected chi connectivity index (χ1v) is 9.50. The van der Waals surface area contributed by atoms with Gasteiger partial charge in [0.15, 0.2) is 5.82 Å². The van der Waals surface area contributed by atoms with Crippen molar-refractivity contribution in [1.29, 1.82) is 0 Å². The molecular weight excluding hydrogens is 328 g/mol. The quantitative estimate of drug-likeness (QED) is 0.496. The monoisotopic (exact) mass is 344 g/mol. The van der Waals surface area contributed by atoms with Gasteiger partial charge in [-0.05, 0) is 35.7 Å². The van der Waals surface area contributed by atoms with Crippen LogP contribution in [0, 0.1) is 0 Å². The molecule has 0 radical (unpaired) electrons. The van der Waals surface area contributed by atoms with E-state index in [2.05, 4.69) is 9.35 Å². The second-order valence-electron chi connectivity index (χ2n) is 5.60. The number of aromatic nitrogens is 1. The summed E-state index contributed by atoms with van der Waals surface area (Å²) in [4.78, 5) is 5.75. The number of nitrogens with zero attached hydrogens (tertiary/aromatic N) is 2. The van der Waals surface area contributed by atoms with Gasteiger partial charge < -0.3 is 0 Å². The molecule has 0 atom stereocenters. The van der Waals surface area contributed by atoms with E-state index in [4.69, 9.17) is 0 Å². The largest absolute Gasteiger partial charge is 0.239 e. The molecule has 1 heterocycles. The minimum absolute atomic E-state index is 0.496. The Bertz CT molecular complexity index is 1080. The molecule has 122 valence electrons. The van der Waals surface area contributed by atoms with Crippen LogP contribution < -0.4 is 0 Å². The lowest BCUT2D eigenvalue weighted by Crippen LogP contribution is -2.01. The summed E-state index contributed by atoms with van der Waals surface area (Å²) < 4.78 is 18.7. The third kappa shape index (κ3) is 2.92. The van der Waals surface area contributed by atoms with Crippen molar-refractivity contribution in [2.24, 2.45) is 4.36 Å². The van der Waals surface area contributed by atoms with Crippen LogP contribution in [-0.2, 0) is 9.73 Å². The first-order valence-electron chi connectivity index (χ1n) is 7.98. The smallest absolute Gasteiger partial charge is 0.170 e. The van der Waals surface area contributed by atoms with Gasteiger partial charge in [0, 0.05) is 11.6 Å². The lowest BCUT2D eigenvalue weighted by Gasteiger charge is -2.11. The number of hydrogen-bond donors (Lipinski definition) is 0. The molecule has 1 aromatic heterocycles. The van der Waals surface area contributed by atoms with Gasteiger partial charge in [0.2, 0.25) is 0 Å². The molecular formula is C21H16N2OS. The van der Waals surface area contributed by atoms with Crippen LogP contribution in [0.3, 0.4) is 0 Å². The van der Waals surface area contributed by atoms with Gasteiger partial charge in [-0.15, -0.1) is 0 Å². The Morgan fingerprint density at radius 2 is 1.24 bits per heavy atom. The minimum atomic E-state index is -2.83. The number of rotatable bonds is 3. The number of pyridine rings is 1. The number of benzene rings is 3. The van der Waals surface area contributed by atoms with Crippen LogP contribution in [0.25, 0.3) is 10.8 Å². The molecule has 0 amide bonds. The highest BCUT2D eigenvalue weighted by Crippen LogP contribution is 2.30. The molecule has 4 aromatic rings. The van der Waals surface area contributed by atoms with E-state index in [0.717, 1.165) is 10.8 Å². The molecule has 0 saturated heterocycles. The predicted molar refractivity (Wildman–Crippen MR) is 101 cm³/mol. The van der Waals surface area contributed by atoms with Gasteiger partial charge in [-0.2, -0.15) is 4.36 Å². The first-order chi connectivity index (χ1) is 12.3. The molecule has 0 aliphatic heterocycles. The van der Waals surface area contributed by atoms with Crippen molar-refractivity contribution in [2.75, 3.05) is 0 Å². The summed E-state index contributed by atoms with van der Waals surface area (Å²) in [5, 5.41) is 1.92. The van der Waals surface area contributed by atoms with Gasteiger partial charge >= 0.3 is 0 Å². The topological polar surface area (TPSA) is 42.3 Å². The standard InChI is InChI=1S/C21H16N2OS/c24-25(18-10-3-1-4-11-18,19-12-5-2-6-13-19)23-21-20-14-8-7-9-17(20)15-16-22-21/h1-16H. The lowest BCUT2D eigenvalue weighted by molar-refractivity contribution is 0.676. The van der Waals surface area contributed by atoms with Crippen molar-refractivity contribution in [3.05, 3.63) is 97.2 Å². The zero-order valence-electron chi connectivity index (χ0n) is 13.4. The van der Waals surface area contributed by atoms with Crippen LogP contribution in [0.1, 0.15) is 0 Å². The maximum Gasteiger partial charge on any atom is 0.170 e. The van der Waals surface area contributed by atoms with Crippen LogP contribution >= 0.6 is 0 Å². The fourth-order valence-electron chi connectivity index (χ4n) is 2.75. The fraction of sp³-hybridized carbons (Fsp3) is 0. The Labute approximate surface area is 147 Å². The summed E-state index contributed by atoms with van der Waals surface area (Å²) in [5.41, 5.74) is 0. The predicted octanol–water partition coefficient (Wildman–Crippen LogP) is 5.45. The Kier molecular flexibility index (Phi) is 4.04.